The average Bonchev–Trinajstić information content (AvgIpc) is 3.77. The quantitative estimate of drug-likeness (QED) is 0.161. The van der Waals surface area contributed by atoms with E-state index in [0.29, 0.717) is 63.8 Å². The van der Waals surface area contributed by atoms with Crippen LogP contribution in [0.4, 0.5) is 16.2 Å². The Labute approximate surface area is 322 Å². The number of aromatic amines is 1. The van der Waals surface area contributed by atoms with Gasteiger partial charge in [0.1, 0.15) is 5.69 Å². The van der Waals surface area contributed by atoms with Gasteiger partial charge in [0, 0.05) is 62.8 Å². The Hall–Kier alpha value is -4.96. The Bertz CT molecular complexity index is 2300. The molecule has 4 heterocycles. The van der Waals surface area contributed by atoms with Crippen LogP contribution in [0.2, 0.25) is 15.1 Å². The van der Waals surface area contributed by atoms with Crippen molar-refractivity contribution in [2.75, 3.05) is 36.5 Å². The maximum atomic E-state index is 14.7. The summed E-state index contributed by atoms with van der Waals surface area (Å²) >= 11 is 19.3. The molecule has 6 aromatic rings. The second-order valence-corrected chi connectivity index (χ2v) is 14.8. The van der Waals surface area contributed by atoms with Crippen LogP contribution in [0.1, 0.15) is 48.3 Å². The van der Waals surface area contributed by atoms with E-state index < -0.39 is 0 Å². The number of piperidine rings is 1. The molecule has 1 atom stereocenters. The molecule has 1 unspecified atom stereocenters. The standard InChI is InChI=1S/C41H37Cl3N6O3/c1-25(26-8-10-28(42)11-9-26)50-24-45-37(27-6-3-2-4-7-27)39(50)36-32-14-12-29(43)22-33(32)46-38(36)40(51)47-34-23-30(44)13-15-35(34)48-19-16-31(17-20-48)49-18-5-21-53-41(49)52/h2-4,6-15,22-25,31,46H,5,16-21H2,1H3,(H,47,51). The number of benzene rings is 4. The van der Waals surface area contributed by atoms with Crippen LogP contribution in [0.15, 0.2) is 97.3 Å². The first-order valence-electron chi connectivity index (χ1n) is 17.7. The van der Waals surface area contributed by atoms with Gasteiger partial charge in [-0.05, 0) is 74.2 Å². The Morgan fingerprint density at radius 3 is 2.38 bits per heavy atom. The normalized spacial score (nSPS) is 15.8. The van der Waals surface area contributed by atoms with Gasteiger partial charge < -0.3 is 29.4 Å². The maximum Gasteiger partial charge on any atom is 0.410 e. The lowest BCUT2D eigenvalue weighted by molar-refractivity contribution is 0.0499. The molecule has 9 nitrogen and oxygen atoms in total. The number of ether oxygens (including phenoxy) is 1. The highest BCUT2D eigenvalue weighted by molar-refractivity contribution is 6.32. The van der Waals surface area contributed by atoms with Crippen molar-refractivity contribution in [3.05, 3.63) is 124 Å². The molecule has 2 aliphatic rings. The van der Waals surface area contributed by atoms with E-state index >= 15 is 0 Å². The first-order chi connectivity index (χ1) is 25.7. The number of nitrogens with one attached hydrogen (secondary N) is 2. The lowest BCUT2D eigenvalue weighted by Gasteiger charge is -2.40. The molecule has 2 fully saturated rings. The molecule has 53 heavy (non-hydrogen) atoms. The van der Waals surface area contributed by atoms with Crippen LogP contribution in [0.25, 0.3) is 33.4 Å². The fourth-order valence-electron chi connectivity index (χ4n) is 7.59. The summed E-state index contributed by atoms with van der Waals surface area (Å²) in [6.45, 7) is 4.70. The van der Waals surface area contributed by atoms with Gasteiger partial charge in [0.15, 0.2) is 0 Å². The zero-order chi connectivity index (χ0) is 36.6. The number of anilines is 2. The number of carbonyl (C=O) groups excluding carboxylic acids is 2. The van der Waals surface area contributed by atoms with Crippen LogP contribution in [0, 0.1) is 0 Å². The van der Waals surface area contributed by atoms with E-state index in [0.717, 1.165) is 52.9 Å². The fraction of sp³-hybridized carbons (Fsp3) is 0.244. The summed E-state index contributed by atoms with van der Waals surface area (Å²) in [4.78, 5) is 39.6. The Morgan fingerprint density at radius 1 is 0.906 bits per heavy atom. The number of fused-ring (bicyclic) bond motifs is 1. The van der Waals surface area contributed by atoms with Gasteiger partial charge in [-0.25, -0.2) is 9.78 Å². The topological polar surface area (TPSA) is 95.5 Å². The number of carbonyl (C=O) groups is 2. The number of cyclic esters (lactones) is 1. The third kappa shape index (κ3) is 6.97. The minimum absolute atomic E-state index is 0.115. The predicted molar refractivity (Wildman–Crippen MR) is 213 cm³/mol. The van der Waals surface area contributed by atoms with E-state index in [4.69, 9.17) is 44.5 Å². The number of imidazole rings is 1. The number of nitrogens with zero attached hydrogens (tertiary/aromatic N) is 4. The van der Waals surface area contributed by atoms with Gasteiger partial charge in [-0.15, -0.1) is 0 Å². The van der Waals surface area contributed by atoms with Crippen molar-refractivity contribution in [1.29, 1.82) is 0 Å². The van der Waals surface area contributed by atoms with Gasteiger partial charge in [-0.3, -0.25) is 4.79 Å². The first-order valence-corrected chi connectivity index (χ1v) is 18.9. The number of halogens is 3. The Kier molecular flexibility index (Phi) is 9.81. The molecule has 8 rings (SSSR count). The SMILES string of the molecule is CC(c1ccc(Cl)cc1)n1cnc(-c2ccccc2)c1-c1c(C(=O)Nc2cc(Cl)ccc2N2CCC(N3CCCOC3=O)CC2)[nH]c2cc(Cl)ccc12. The summed E-state index contributed by atoms with van der Waals surface area (Å²) in [5.74, 6) is -0.340. The highest BCUT2D eigenvalue weighted by Crippen LogP contribution is 2.42. The molecule has 2 amide bonds. The summed E-state index contributed by atoms with van der Waals surface area (Å²) in [5, 5.41) is 5.73. The van der Waals surface area contributed by atoms with Gasteiger partial charge in [-0.1, -0.05) is 83.3 Å². The number of hydrogen-bond donors (Lipinski definition) is 2. The largest absolute Gasteiger partial charge is 0.449 e. The monoisotopic (exact) mass is 766 g/mol. The molecular weight excluding hydrogens is 731 g/mol. The smallest absolute Gasteiger partial charge is 0.410 e. The maximum absolute atomic E-state index is 14.7. The van der Waals surface area contributed by atoms with Crippen molar-refractivity contribution in [1.82, 2.24) is 19.4 Å². The molecule has 0 bridgehead atoms. The predicted octanol–water partition coefficient (Wildman–Crippen LogP) is 10.3. The van der Waals surface area contributed by atoms with E-state index in [9.17, 15) is 9.59 Å². The second-order valence-electron chi connectivity index (χ2n) is 13.5. The van der Waals surface area contributed by atoms with Crippen LogP contribution in [-0.2, 0) is 4.74 Å². The molecule has 2 aliphatic heterocycles. The third-order valence-corrected chi connectivity index (χ3v) is 11.0. The highest BCUT2D eigenvalue weighted by Gasteiger charge is 2.32. The van der Waals surface area contributed by atoms with Crippen molar-refractivity contribution >= 4 is 69.1 Å². The van der Waals surface area contributed by atoms with Crippen LogP contribution < -0.4 is 10.2 Å². The number of amides is 2. The van der Waals surface area contributed by atoms with Crippen molar-refractivity contribution < 1.29 is 14.3 Å². The highest BCUT2D eigenvalue weighted by atomic mass is 35.5. The number of H-pyrrole nitrogens is 1. The van der Waals surface area contributed by atoms with Crippen LogP contribution >= 0.6 is 34.8 Å². The van der Waals surface area contributed by atoms with Crippen molar-refractivity contribution in [3.63, 3.8) is 0 Å². The van der Waals surface area contributed by atoms with E-state index in [1.807, 2.05) is 96.2 Å². The third-order valence-electron chi connectivity index (χ3n) is 10.3. The first kappa shape index (κ1) is 35.1. The molecule has 0 radical (unpaired) electrons. The van der Waals surface area contributed by atoms with Crippen molar-refractivity contribution in [3.8, 4) is 22.5 Å². The fourth-order valence-corrected chi connectivity index (χ4v) is 8.06. The molecule has 2 saturated heterocycles. The van der Waals surface area contributed by atoms with Crippen LogP contribution in [0.3, 0.4) is 0 Å². The van der Waals surface area contributed by atoms with Gasteiger partial charge in [0.05, 0.1) is 41.7 Å². The number of rotatable bonds is 8. The van der Waals surface area contributed by atoms with E-state index in [1.165, 1.54) is 0 Å². The Balaban J connectivity index is 1.19. The molecule has 4 aromatic carbocycles. The zero-order valence-corrected chi connectivity index (χ0v) is 31.3. The summed E-state index contributed by atoms with van der Waals surface area (Å²) in [6.07, 6.45) is 4.01. The lowest BCUT2D eigenvalue weighted by atomic mass is 9.99. The zero-order valence-electron chi connectivity index (χ0n) is 29.0. The molecule has 0 saturated carbocycles. The molecule has 0 aliphatic carbocycles. The van der Waals surface area contributed by atoms with Crippen LogP contribution in [-0.4, -0.2) is 63.7 Å². The molecule has 0 spiro atoms. The summed E-state index contributed by atoms with van der Waals surface area (Å²) < 4.78 is 7.41. The molecule has 2 aromatic heterocycles. The summed E-state index contributed by atoms with van der Waals surface area (Å²) in [5.41, 5.74) is 6.68. The summed E-state index contributed by atoms with van der Waals surface area (Å²) in [6, 6.07) is 28.8. The molecular formula is C41H37Cl3N6O3. The Morgan fingerprint density at radius 2 is 1.62 bits per heavy atom. The van der Waals surface area contributed by atoms with Gasteiger partial charge in [0.25, 0.3) is 5.91 Å². The number of aromatic nitrogens is 3. The minimum Gasteiger partial charge on any atom is -0.449 e. The van der Waals surface area contributed by atoms with Gasteiger partial charge in [0.2, 0.25) is 0 Å². The van der Waals surface area contributed by atoms with Gasteiger partial charge >= 0.3 is 6.09 Å². The van der Waals surface area contributed by atoms with Crippen molar-refractivity contribution in [2.24, 2.45) is 0 Å². The number of hydrogen-bond acceptors (Lipinski definition) is 5. The second kappa shape index (κ2) is 14.8. The lowest BCUT2D eigenvalue weighted by Crippen LogP contribution is -2.50. The average molecular weight is 768 g/mol. The minimum atomic E-state index is -0.340. The van der Waals surface area contributed by atoms with E-state index in [1.54, 1.807) is 6.07 Å². The van der Waals surface area contributed by atoms with Crippen molar-refractivity contribution in [2.45, 2.75) is 38.3 Å². The van der Waals surface area contributed by atoms with Gasteiger partial charge in [-0.2, -0.15) is 0 Å². The van der Waals surface area contributed by atoms with Crippen LogP contribution in [0.5, 0.6) is 0 Å². The van der Waals surface area contributed by atoms with E-state index in [2.05, 4.69) is 26.7 Å². The molecule has 2 N–H and O–H groups in total. The molecule has 270 valence electrons. The van der Waals surface area contributed by atoms with E-state index in [-0.39, 0.29) is 24.1 Å². The molecule has 12 heteroatoms. The summed E-state index contributed by atoms with van der Waals surface area (Å²) in [7, 11) is 0.